The summed E-state index contributed by atoms with van der Waals surface area (Å²) in [5, 5.41) is 6.44. The van der Waals surface area contributed by atoms with E-state index in [0.29, 0.717) is 35.2 Å². The summed E-state index contributed by atoms with van der Waals surface area (Å²) in [4.78, 5) is 61.7. The van der Waals surface area contributed by atoms with Crippen LogP contribution in [-0.2, 0) is 14.3 Å². The summed E-state index contributed by atoms with van der Waals surface area (Å²) < 4.78 is 11.3. The monoisotopic (exact) mass is 732 g/mol. The van der Waals surface area contributed by atoms with Crippen molar-refractivity contribution < 1.29 is 28.7 Å². The fourth-order valence-corrected chi connectivity index (χ4v) is 7.40. The molecule has 0 spiro atoms. The molecule has 1 saturated carbocycles. The van der Waals surface area contributed by atoms with Crippen LogP contribution in [0, 0.1) is 5.92 Å². The first-order valence-corrected chi connectivity index (χ1v) is 18.8. The van der Waals surface area contributed by atoms with Crippen LogP contribution in [0.4, 0.5) is 4.79 Å². The Hall–Kier alpha value is -2.99. The van der Waals surface area contributed by atoms with Crippen LogP contribution < -0.4 is 10.1 Å². The molecule has 1 aromatic carbocycles. The highest BCUT2D eigenvalue weighted by Crippen LogP contribution is 2.36. The van der Waals surface area contributed by atoms with E-state index in [1.165, 1.54) is 23.3 Å². The maximum atomic E-state index is 14.3. The smallest absolute Gasteiger partial charge is 0.410 e. The molecule has 1 saturated heterocycles. The number of rotatable bonds is 13. The van der Waals surface area contributed by atoms with Crippen molar-refractivity contribution in [2.45, 2.75) is 109 Å². The molecule has 4 rings (SSSR count). The van der Waals surface area contributed by atoms with Gasteiger partial charge in [-0.3, -0.25) is 19.3 Å². The Morgan fingerprint density at radius 2 is 1.85 bits per heavy atom. The highest BCUT2D eigenvalue weighted by molar-refractivity contribution is 9.09. The van der Waals surface area contributed by atoms with E-state index in [9.17, 15) is 19.2 Å². The molecule has 2 aliphatic rings. The van der Waals surface area contributed by atoms with Crippen molar-refractivity contribution in [3.05, 3.63) is 45.9 Å². The number of carbonyl (C=O) groups is 4. The van der Waals surface area contributed by atoms with Gasteiger partial charge in [-0.15, -0.1) is 11.3 Å². The number of ketones is 1. The van der Waals surface area contributed by atoms with Crippen molar-refractivity contribution in [2.24, 2.45) is 5.92 Å². The second-order valence-electron chi connectivity index (χ2n) is 13.5. The van der Waals surface area contributed by atoms with E-state index in [-0.39, 0.29) is 23.7 Å². The third-order valence-corrected chi connectivity index (χ3v) is 10.3. The first-order chi connectivity index (χ1) is 22.4. The second kappa shape index (κ2) is 16.9. The molecule has 1 aliphatic carbocycles. The van der Waals surface area contributed by atoms with Gasteiger partial charge in [0.1, 0.15) is 34.1 Å². The Morgan fingerprint density at radius 3 is 2.55 bits per heavy atom. The third kappa shape index (κ3) is 10.0. The summed E-state index contributed by atoms with van der Waals surface area (Å²) in [7, 11) is 1.53. The van der Waals surface area contributed by atoms with E-state index < -0.39 is 29.7 Å². The van der Waals surface area contributed by atoms with Crippen LogP contribution in [0.2, 0.25) is 0 Å². The summed E-state index contributed by atoms with van der Waals surface area (Å²) in [6.45, 7) is 8.09. The van der Waals surface area contributed by atoms with Gasteiger partial charge in [-0.25, -0.2) is 9.78 Å². The number of nitrogens with one attached hydrogen (secondary N) is 1. The molecule has 258 valence electrons. The molecule has 0 unspecified atom stereocenters. The van der Waals surface area contributed by atoms with Crippen molar-refractivity contribution in [2.75, 3.05) is 25.5 Å². The molecule has 3 amide bonds. The van der Waals surface area contributed by atoms with E-state index in [0.717, 1.165) is 63.1 Å². The number of alkyl halides is 1. The van der Waals surface area contributed by atoms with Gasteiger partial charge < -0.3 is 19.7 Å². The quantitative estimate of drug-likeness (QED) is 0.135. The number of ether oxygens (including phenoxy) is 2. The number of hydrogen-bond acceptors (Lipinski definition) is 8. The first-order valence-electron chi connectivity index (χ1n) is 16.7. The Kier molecular flexibility index (Phi) is 13.2. The summed E-state index contributed by atoms with van der Waals surface area (Å²) in [6.07, 6.45) is 7.68. The predicted molar refractivity (Wildman–Crippen MR) is 186 cm³/mol. The fraction of sp³-hybridized carbons (Fsp3) is 0.629. The predicted octanol–water partition coefficient (Wildman–Crippen LogP) is 6.91. The van der Waals surface area contributed by atoms with Gasteiger partial charge in [-0.2, -0.15) is 0 Å². The van der Waals surface area contributed by atoms with Gasteiger partial charge in [0.15, 0.2) is 0 Å². The van der Waals surface area contributed by atoms with E-state index in [1.54, 1.807) is 45.2 Å². The number of thiazole rings is 1. The number of nitrogens with zero attached hydrogens (tertiary/aromatic N) is 3. The molecule has 47 heavy (non-hydrogen) atoms. The van der Waals surface area contributed by atoms with Crippen LogP contribution >= 0.6 is 27.3 Å². The van der Waals surface area contributed by atoms with Crippen molar-refractivity contribution >= 4 is 51.0 Å². The summed E-state index contributed by atoms with van der Waals surface area (Å²) in [5.74, 6) is -0.0642. The van der Waals surface area contributed by atoms with Crippen LogP contribution in [0.5, 0.6) is 5.75 Å². The van der Waals surface area contributed by atoms with Gasteiger partial charge in [0, 0.05) is 29.9 Å². The number of amides is 3. The van der Waals surface area contributed by atoms with Crippen molar-refractivity contribution in [3.63, 3.8) is 0 Å². The first kappa shape index (κ1) is 36.8. The summed E-state index contributed by atoms with van der Waals surface area (Å²) in [6, 6.07) is 5.35. The molecule has 0 radical (unpaired) electrons. The van der Waals surface area contributed by atoms with Gasteiger partial charge in [0.2, 0.25) is 17.6 Å². The van der Waals surface area contributed by atoms with E-state index in [1.807, 2.05) is 17.0 Å². The molecular weight excluding hydrogens is 684 g/mol. The molecule has 1 N–H and O–H groups in total. The zero-order valence-electron chi connectivity index (χ0n) is 28.3. The topological polar surface area (TPSA) is 118 Å². The van der Waals surface area contributed by atoms with Crippen molar-refractivity contribution in [1.82, 2.24) is 20.1 Å². The van der Waals surface area contributed by atoms with Gasteiger partial charge in [-0.1, -0.05) is 47.3 Å². The normalized spacial score (nSPS) is 18.3. The minimum absolute atomic E-state index is 0.00267. The highest BCUT2D eigenvalue weighted by Gasteiger charge is 2.41. The van der Waals surface area contributed by atoms with E-state index >= 15 is 0 Å². The minimum Gasteiger partial charge on any atom is -0.494 e. The molecular formula is C35H49BrN4O6S. The maximum absolute atomic E-state index is 14.3. The number of unbranched alkanes of at least 4 members (excludes halogenated alkanes) is 1. The third-order valence-electron chi connectivity index (χ3n) is 8.80. The largest absolute Gasteiger partial charge is 0.494 e. The van der Waals surface area contributed by atoms with Crippen molar-refractivity contribution in [1.29, 1.82) is 0 Å². The number of halogens is 1. The Balaban J connectivity index is 1.48. The van der Waals surface area contributed by atoms with Crippen LogP contribution in [0.25, 0.3) is 0 Å². The number of likely N-dealkylation sites (tertiary alicyclic amines) is 1. The van der Waals surface area contributed by atoms with Crippen LogP contribution in [0.15, 0.2) is 29.6 Å². The Morgan fingerprint density at radius 1 is 1.11 bits per heavy atom. The Labute approximate surface area is 291 Å². The highest BCUT2D eigenvalue weighted by atomic mass is 79.9. The van der Waals surface area contributed by atoms with E-state index in [2.05, 4.69) is 21.2 Å². The summed E-state index contributed by atoms with van der Waals surface area (Å²) in [5.41, 5.74) is 0.153. The summed E-state index contributed by atoms with van der Waals surface area (Å²) >= 11 is 4.81. The molecule has 2 aromatic rings. The number of aromatic nitrogens is 1. The zero-order valence-corrected chi connectivity index (χ0v) is 30.7. The lowest BCUT2D eigenvalue weighted by Crippen LogP contribution is -2.56. The molecule has 3 atom stereocenters. The van der Waals surface area contributed by atoms with Gasteiger partial charge in [0.25, 0.3) is 0 Å². The van der Waals surface area contributed by atoms with Gasteiger partial charge >= 0.3 is 6.09 Å². The molecule has 1 aliphatic heterocycles. The Bertz CT molecular complexity index is 1390. The van der Waals surface area contributed by atoms with Crippen molar-refractivity contribution in [3.8, 4) is 5.75 Å². The fourth-order valence-electron chi connectivity index (χ4n) is 6.06. The lowest BCUT2D eigenvalue weighted by atomic mass is 9.83. The molecule has 2 heterocycles. The standard InChI is InChI=1S/C35H49BrN4O6S/c1-23(39(5)34(44)46-35(2,3)4)31(42)38-29(24-13-7-6-8-14-24)33(43)40-19-12-17-28(40)32-37-27(22-47-32)30(41)25-15-11-16-26(21-25)45-20-10-9-18-36/h11,15-16,21-24,28-29H,6-10,12-14,17-20H2,1-5H3,(H,38,42)/t23-,28-,29-/m0/s1. The molecule has 0 bridgehead atoms. The lowest BCUT2D eigenvalue weighted by Gasteiger charge is -2.36. The minimum atomic E-state index is -0.830. The lowest BCUT2D eigenvalue weighted by molar-refractivity contribution is -0.140. The van der Waals surface area contributed by atoms with Crippen LogP contribution in [-0.4, -0.2) is 81.7 Å². The number of carbonyl (C=O) groups excluding carboxylic acids is 4. The average molecular weight is 734 g/mol. The van der Waals surface area contributed by atoms with Crippen LogP contribution in [0.1, 0.15) is 113 Å². The van der Waals surface area contributed by atoms with Gasteiger partial charge in [-0.05, 0) is 84.3 Å². The molecule has 1 aromatic heterocycles. The van der Waals surface area contributed by atoms with Gasteiger partial charge in [0.05, 0.1) is 12.6 Å². The average Bonchev–Trinajstić information content (AvgIpc) is 3.74. The number of likely N-dealkylation sites (N-methyl/N-ethyl adjacent to an activating group) is 1. The number of hydrogen-bond donors (Lipinski definition) is 1. The SMILES string of the molecule is C[C@@H](C(=O)N[C@H](C(=O)N1CCC[C@H]1c1nc(C(=O)c2cccc(OCCCCBr)c2)cs1)C1CCCCC1)N(C)C(=O)OC(C)(C)C. The molecule has 10 nitrogen and oxygen atoms in total. The molecule has 2 fully saturated rings. The van der Waals surface area contributed by atoms with E-state index in [4.69, 9.17) is 14.5 Å². The maximum Gasteiger partial charge on any atom is 0.410 e. The molecule has 12 heteroatoms. The zero-order chi connectivity index (χ0) is 34.1. The van der Waals surface area contributed by atoms with Crippen LogP contribution in [0.3, 0.4) is 0 Å². The number of benzene rings is 1. The second-order valence-corrected chi connectivity index (χ2v) is 15.2.